The summed E-state index contributed by atoms with van der Waals surface area (Å²) in [6.45, 7) is 1.61. The number of halogens is 3. The minimum Gasteiger partial charge on any atom is -0.357 e. The van der Waals surface area contributed by atoms with Gasteiger partial charge in [-0.1, -0.05) is 0 Å². The summed E-state index contributed by atoms with van der Waals surface area (Å²) in [6, 6.07) is 0.269. The van der Waals surface area contributed by atoms with Gasteiger partial charge in [-0.3, -0.25) is 4.79 Å². The topological polar surface area (TPSA) is 62.5 Å². The highest BCUT2D eigenvalue weighted by atomic mass is 19.4. The van der Waals surface area contributed by atoms with Crippen molar-refractivity contribution >= 4 is 17.2 Å². The Morgan fingerprint density at radius 1 is 1.43 bits per heavy atom. The fourth-order valence-electron chi connectivity index (χ4n) is 1.83. The van der Waals surface area contributed by atoms with Gasteiger partial charge in [-0.25, -0.2) is 9.50 Å². The molecular weight excluding hydrogens is 287 g/mol. The number of carbonyl (C=O) groups excluding carboxylic acids is 1. The predicted octanol–water partition coefficient (Wildman–Crippen LogP) is 1.64. The molecule has 6 nitrogen and oxygen atoms in total. The molecule has 0 saturated carbocycles. The molecule has 2 aromatic rings. The molecule has 1 amide bonds. The summed E-state index contributed by atoms with van der Waals surface area (Å²) in [5, 5.41) is 6.25. The van der Waals surface area contributed by atoms with E-state index in [1.165, 1.54) is 17.3 Å². The first kappa shape index (κ1) is 15.1. The van der Waals surface area contributed by atoms with Gasteiger partial charge in [0.1, 0.15) is 11.6 Å². The van der Waals surface area contributed by atoms with E-state index < -0.39 is 17.9 Å². The molecule has 1 atom stereocenters. The summed E-state index contributed by atoms with van der Waals surface area (Å²) in [5.41, 5.74) is -0.853. The van der Waals surface area contributed by atoms with Gasteiger partial charge in [-0.2, -0.15) is 18.3 Å². The van der Waals surface area contributed by atoms with Crippen molar-refractivity contribution in [3.8, 4) is 0 Å². The second-order valence-corrected chi connectivity index (χ2v) is 4.73. The van der Waals surface area contributed by atoms with Crippen molar-refractivity contribution in [3.63, 3.8) is 0 Å². The Bertz CT molecular complexity index is 664. The van der Waals surface area contributed by atoms with E-state index in [4.69, 9.17) is 0 Å². The molecule has 1 N–H and O–H groups in total. The first-order valence-electron chi connectivity index (χ1n) is 6.09. The number of fused-ring (bicyclic) bond motifs is 1. The minimum atomic E-state index is -4.53. The lowest BCUT2D eigenvalue weighted by atomic mass is 10.3. The van der Waals surface area contributed by atoms with Crippen LogP contribution in [0.1, 0.15) is 12.6 Å². The van der Waals surface area contributed by atoms with Gasteiger partial charge in [0, 0.05) is 32.6 Å². The SMILES string of the molecule is CC(Nc1nccn2nc(C(F)(F)F)cc12)C(=O)N(C)C. The average molecular weight is 301 g/mol. The maximum Gasteiger partial charge on any atom is 0.435 e. The molecule has 1 unspecified atom stereocenters. The van der Waals surface area contributed by atoms with Crippen molar-refractivity contribution in [2.75, 3.05) is 19.4 Å². The van der Waals surface area contributed by atoms with Crippen LogP contribution in [-0.2, 0) is 11.0 Å². The predicted molar refractivity (Wildman–Crippen MR) is 69.8 cm³/mol. The molecule has 9 heteroatoms. The third-order valence-electron chi connectivity index (χ3n) is 2.84. The van der Waals surface area contributed by atoms with E-state index in [1.807, 2.05) is 0 Å². The Morgan fingerprint density at radius 3 is 2.67 bits per heavy atom. The molecule has 21 heavy (non-hydrogen) atoms. The van der Waals surface area contributed by atoms with E-state index in [-0.39, 0.29) is 17.2 Å². The zero-order valence-electron chi connectivity index (χ0n) is 11.6. The largest absolute Gasteiger partial charge is 0.435 e. The van der Waals surface area contributed by atoms with E-state index in [0.29, 0.717) is 0 Å². The van der Waals surface area contributed by atoms with Crippen LogP contribution in [0.4, 0.5) is 19.0 Å². The molecule has 0 spiro atoms. The van der Waals surface area contributed by atoms with E-state index in [2.05, 4.69) is 15.4 Å². The maximum absolute atomic E-state index is 12.7. The fraction of sp³-hybridized carbons (Fsp3) is 0.417. The molecule has 0 saturated heterocycles. The second-order valence-electron chi connectivity index (χ2n) is 4.73. The van der Waals surface area contributed by atoms with Crippen molar-refractivity contribution in [3.05, 3.63) is 24.2 Å². The van der Waals surface area contributed by atoms with Gasteiger partial charge in [-0.15, -0.1) is 0 Å². The minimum absolute atomic E-state index is 0.156. The van der Waals surface area contributed by atoms with E-state index in [0.717, 1.165) is 10.6 Å². The number of hydrogen-bond acceptors (Lipinski definition) is 4. The normalized spacial score (nSPS) is 13.2. The van der Waals surface area contributed by atoms with Crippen LogP contribution in [0.5, 0.6) is 0 Å². The molecule has 0 fully saturated rings. The molecule has 2 aromatic heterocycles. The quantitative estimate of drug-likeness (QED) is 0.936. The Balaban J connectivity index is 2.36. The van der Waals surface area contributed by atoms with Crippen molar-refractivity contribution in [1.82, 2.24) is 19.5 Å². The number of anilines is 1. The molecule has 0 aliphatic rings. The summed E-state index contributed by atoms with van der Waals surface area (Å²) in [4.78, 5) is 17.1. The van der Waals surface area contributed by atoms with Crippen LogP contribution in [0, 0.1) is 0 Å². The van der Waals surface area contributed by atoms with E-state index in [1.54, 1.807) is 21.0 Å². The smallest absolute Gasteiger partial charge is 0.357 e. The molecule has 114 valence electrons. The standard InChI is InChI=1S/C12H14F3N5O/c1-7(11(21)19(2)3)17-10-8-6-9(12(13,14)15)18-20(8)5-4-16-10/h4-7H,1-3H3,(H,16,17). The van der Waals surface area contributed by atoms with Crippen molar-refractivity contribution in [1.29, 1.82) is 0 Å². The molecule has 0 aliphatic carbocycles. The molecular formula is C12H14F3N5O. The zero-order chi connectivity index (χ0) is 15.8. The number of likely N-dealkylation sites (N-methyl/N-ethyl adjacent to an activating group) is 1. The van der Waals surface area contributed by atoms with Crippen LogP contribution in [0.3, 0.4) is 0 Å². The number of nitrogens with one attached hydrogen (secondary N) is 1. The average Bonchev–Trinajstić information content (AvgIpc) is 2.82. The van der Waals surface area contributed by atoms with Crippen LogP contribution in [0.2, 0.25) is 0 Å². The summed E-state index contributed by atoms with van der Waals surface area (Å²) in [6.07, 6.45) is -1.90. The number of carbonyl (C=O) groups is 1. The Kier molecular flexibility index (Phi) is 3.75. The molecule has 0 aliphatic heterocycles. The Morgan fingerprint density at radius 2 is 2.10 bits per heavy atom. The lowest BCUT2D eigenvalue weighted by Crippen LogP contribution is -2.36. The number of aromatic nitrogens is 3. The monoisotopic (exact) mass is 301 g/mol. The van der Waals surface area contributed by atoms with Crippen LogP contribution in [-0.4, -0.2) is 45.5 Å². The van der Waals surface area contributed by atoms with Gasteiger partial charge in [0.2, 0.25) is 5.91 Å². The first-order valence-corrected chi connectivity index (χ1v) is 6.09. The first-order chi connectivity index (χ1) is 9.70. The number of amides is 1. The zero-order valence-corrected chi connectivity index (χ0v) is 11.6. The van der Waals surface area contributed by atoms with Gasteiger partial charge >= 0.3 is 6.18 Å². The molecule has 0 aromatic carbocycles. The van der Waals surface area contributed by atoms with E-state index in [9.17, 15) is 18.0 Å². The highest BCUT2D eigenvalue weighted by molar-refractivity contribution is 5.85. The van der Waals surface area contributed by atoms with Crippen LogP contribution in [0.15, 0.2) is 18.5 Å². The third-order valence-corrected chi connectivity index (χ3v) is 2.84. The van der Waals surface area contributed by atoms with Crippen LogP contribution >= 0.6 is 0 Å². The summed E-state index contributed by atoms with van der Waals surface area (Å²) < 4.78 is 39.1. The van der Waals surface area contributed by atoms with Gasteiger partial charge < -0.3 is 10.2 Å². The highest BCUT2D eigenvalue weighted by Crippen LogP contribution is 2.30. The van der Waals surface area contributed by atoms with Crippen molar-refractivity contribution < 1.29 is 18.0 Å². The summed E-state index contributed by atoms with van der Waals surface area (Å²) >= 11 is 0. The summed E-state index contributed by atoms with van der Waals surface area (Å²) in [7, 11) is 3.18. The van der Waals surface area contributed by atoms with Crippen molar-refractivity contribution in [2.24, 2.45) is 0 Å². The fourth-order valence-corrected chi connectivity index (χ4v) is 1.83. The molecule has 0 radical (unpaired) electrons. The van der Waals surface area contributed by atoms with Crippen molar-refractivity contribution in [2.45, 2.75) is 19.1 Å². The lowest BCUT2D eigenvalue weighted by molar-refractivity contribution is -0.141. The van der Waals surface area contributed by atoms with Gasteiger partial charge in [0.15, 0.2) is 11.5 Å². The van der Waals surface area contributed by atoms with Gasteiger partial charge in [-0.05, 0) is 6.92 Å². The van der Waals surface area contributed by atoms with Gasteiger partial charge in [0.05, 0.1) is 0 Å². The number of hydrogen-bond donors (Lipinski definition) is 1. The van der Waals surface area contributed by atoms with Crippen LogP contribution in [0.25, 0.3) is 5.52 Å². The number of alkyl halides is 3. The Labute approximate surface area is 118 Å². The molecule has 2 heterocycles. The van der Waals surface area contributed by atoms with Crippen LogP contribution < -0.4 is 5.32 Å². The highest BCUT2D eigenvalue weighted by Gasteiger charge is 2.34. The van der Waals surface area contributed by atoms with Gasteiger partial charge in [0.25, 0.3) is 0 Å². The summed E-state index contributed by atoms with van der Waals surface area (Å²) in [5.74, 6) is -0.0439. The number of nitrogens with zero attached hydrogens (tertiary/aromatic N) is 4. The Hall–Kier alpha value is -2.32. The molecule has 2 rings (SSSR count). The second kappa shape index (κ2) is 5.23. The third kappa shape index (κ3) is 3.06. The lowest BCUT2D eigenvalue weighted by Gasteiger charge is -2.18. The number of rotatable bonds is 3. The van der Waals surface area contributed by atoms with E-state index >= 15 is 0 Å². The molecule has 0 bridgehead atoms. The maximum atomic E-state index is 12.7.